The maximum atomic E-state index is 14.1. The van der Waals surface area contributed by atoms with Gasteiger partial charge in [-0.1, -0.05) is 57.2 Å². The summed E-state index contributed by atoms with van der Waals surface area (Å²) in [6, 6.07) is 4.08. The Hall–Kier alpha value is -2.22. The Labute approximate surface area is 236 Å². The largest absolute Gasteiger partial charge is 0.444 e. The molecule has 216 valence electrons. The van der Waals surface area contributed by atoms with Crippen molar-refractivity contribution in [1.29, 1.82) is 0 Å². The highest BCUT2D eigenvalue weighted by Gasteiger charge is 2.38. The number of nitrogens with one attached hydrogen (secondary N) is 2. The highest BCUT2D eigenvalue weighted by molar-refractivity contribution is 7.80. The molecule has 0 heterocycles. The number of hydrogen-bond acceptors (Lipinski definition) is 5. The van der Waals surface area contributed by atoms with E-state index in [0.717, 1.165) is 48.8 Å². The van der Waals surface area contributed by atoms with Crippen molar-refractivity contribution in [1.82, 2.24) is 15.5 Å². The van der Waals surface area contributed by atoms with Gasteiger partial charge in [0.1, 0.15) is 17.7 Å². The fourth-order valence-corrected chi connectivity index (χ4v) is 4.64. The number of aryl methyl sites for hydroxylation is 2. The Morgan fingerprint density at radius 3 is 2.00 bits per heavy atom. The summed E-state index contributed by atoms with van der Waals surface area (Å²) >= 11 is 4.38. The number of amides is 3. The van der Waals surface area contributed by atoms with Gasteiger partial charge in [-0.25, -0.2) is 4.79 Å². The fourth-order valence-electron chi connectivity index (χ4n) is 4.39. The maximum Gasteiger partial charge on any atom is 0.408 e. The highest BCUT2D eigenvalue weighted by atomic mass is 32.1. The number of ether oxygens (including phenoxy) is 1. The summed E-state index contributed by atoms with van der Waals surface area (Å²) in [5.41, 5.74) is 1.48. The number of hydrogen-bond donors (Lipinski definition) is 3. The quantitative estimate of drug-likeness (QED) is 0.200. The molecule has 38 heavy (non-hydrogen) atoms. The maximum absolute atomic E-state index is 14.1. The van der Waals surface area contributed by atoms with Gasteiger partial charge in [0.2, 0.25) is 11.8 Å². The average Bonchev–Trinajstić information content (AvgIpc) is 2.77. The Kier molecular flexibility index (Phi) is 13.7. The standard InChI is InChI=1S/C30H51N3O4S/c1-10-11-12-13-14-15-19-33(27(35)23(20-38)31-28(36)37-30(7,8)9)25(26(34)32-29(4,5)6)24-21(2)17-16-18-22(24)3/h16-18,23,25,38H,10-15,19-20H2,1-9H3,(H,31,36)(H,32,34). The van der Waals surface area contributed by atoms with E-state index >= 15 is 0 Å². The first kappa shape index (κ1) is 33.8. The van der Waals surface area contributed by atoms with E-state index in [0.29, 0.717) is 6.54 Å². The number of thiol groups is 1. The first-order valence-electron chi connectivity index (χ1n) is 13.9. The number of unbranched alkanes of at least 4 members (excludes halogenated alkanes) is 5. The van der Waals surface area contributed by atoms with Gasteiger partial charge in [0.05, 0.1) is 0 Å². The molecule has 0 saturated heterocycles. The minimum Gasteiger partial charge on any atom is -0.444 e. The zero-order valence-corrected chi connectivity index (χ0v) is 26.0. The molecule has 1 rings (SSSR count). The second-order valence-electron chi connectivity index (χ2n) is 12.1. The van der Waals surface area contributed by atoms with Crippen LogP contribution in [0.5, 0.6) is 0 Å². The third kappa shape index (κ3) is 11.7. The van der Waals surface area contributed by atoms with E-state index in [1.165, 1.54) is 6.42 Å². The lowest BCUT2D eigenvalue weighted by atomic mass is 9.92. The van der Waals surface area contributed by atoms with Crippen LogP contribution in [0.2, 0.25) is 0 Å². The van der Waals surface area contributed by atoms with E-state index in [9.17, 15) is 14.4 Å². The summed E-state index contributed by atoms with van der Waals surface area (Å²) in [6.07, 6.45) is 5.59. The average molecular weight is 550 g/mol. The summed E-state index contributed by atoms with van der Waals surface area (Å²) in [4.78, 5) is 42.1. The topological polar surface area (TPSA) is 87.7 Å². The van der Waals surface area contributed by atoms with Gasteiger partial charge in [0.25, 0.3) is 0 Å². The van der Waals surface area contributed by atoms with Gasteiger partial charge in [-0.3, -0.25) is 9.59 Å². The van der Waals surface area contributed by atoms with Crippen molar-refractivity contribution in [2.45, 2.75) is 124 Å². The lowest BCUT2D eigenvalue weighted by Crippen LogP contribution is -2.55. The SMILES string of the molecule is CCCCCCCCN(C(=O)C(CS)NC(=O)OC(C)(C)C)C(C(=O)NC(C)(C)C)c1c(C)cccc1C. The van der Waals surface area contributed by atoms with E-state index in [-0.39, 0.29) is 17.6 Å². The number of nitrogens with zero attached hydrogens (tertiary/aromatic N) is 1. The number of rotatable bonds is 13. The van der Waals surface area contributed by atoms with Gasteiger partial charge in [-0.15, -0.1) is 0 Å². The molecule has 2 unspecified atom stereocenters. The molecule has 0 aliphatic rings. The van der Waals surface area contributed by atoms with Crippen LogP contribution < -0.4 is 10.6 Å². The second-order valence-corrected chi connectivity index (χ2v) is 12.5. The highest BCUT2D eigenvalue weighted by Crippen LogP contribution is 2.30. The molecule has 0 saturated carbocycles. The van der Waals surface area contributed by atoms with Crippen LogP contribution in [0.1, 0.15) is 110 Å². The Morgan fingerprint density at radius 2 is 1.50 bits per heavy atom. The molecule has 0 fully saturated rings. The molecule has 2 N–H and O–H groups in total. The first-order valence-corrected chi connectivity index (χ1v) is 14.5. The van der Waals surface area contributed by atoms with Crippen LogP contribution in [0.4, 0.5) is 4.79 Å². The minimum absolute atomic E-state index is 0.0748. The second kappa shape index (κ2) is 15.4. The van der Waals surface area contributed by atoms with Crippen LogP contribution in [0, 0.1) is 13.8 Å². The van der Waals surface area contributed by atoms with Crippen LogP contribution in [-0.4, -0.2) is 52.3 Å². The molecule has 1 aromatic rings. The molecule has 7 nitrogen and oxygen atoms in total. The molecule has 8 heteroatoms. The van der Waals surface area contributed by atoms with E-state index in [1.807, 2.05) is 52.8 Å². The fraction of sp³-hybridized carbons (Fsp3) is 0.700. The van der Waals surface area contributed by atoms with E-state index in [4.69, 9.17) is 4.74 Å². The predicted molar refractivity (Wildman–Crippen MR) is 159 cm³/mol. The van der Waals surface area contributed by atoms with Gasteiger partial charge in [-0.2, -0.15) is 12.6 Å². The van der Waals surface area contributed by atoms with Crippen molar-refractivity contribution < 1.29 is 19.1 Å². The van der Waals surface area contributed by atoms with Crippen LogP contribution in [0.25, 0.3) is 0 Å². The molecule has 0 spiro atoms. The van der Waals surface area contributed by atoms with Crippen LogP contribution in [0.15, 0.2) is 18.2 Å². The number of benzene rings is 1. The summed E-state index contributed by atoms with van der Waals surface area (Å²) in [7, 11) is 0. The summed E-state index contributed by atoms with van der Waals surface area (Å²) in [5, 5.41) is 5.77. The number of alkyl carbamates (subject to hydrolysis) is 1. The van der Waals surface area contributed by atoms with Gasteiger partial charge >= 0.3 is 6.09 Å². The lowest BCUT2D eigenvalue weighted by Gasteiger charge is -2.37. The smallest absolute Gasteiger partial charge is 0.408 e. The van der Waals surface area contributed by atoms with E-state index in [2.05, 4.69) is 30.2 Å². The van der Waals surface area contributed by atoms with Gasteiger partial charge < -0.3 is 20.3 Å². The van der Waals surface area contributed by atoms with Gasteiger partial charge in [-0.05, 0) is 78.5 Å². The van der Waals surface area contributed by atoms with Crippen molar-refractivity contribution in [3.05, 3.63) is 34.9 Å². The zero-order valence-electron chi connectivity index (χ0n) is 25.1. The van der Waals surface area contributed by atoms with E-state index < -0.39 is 29.3 Å². The Morgan fingerprint density at radius 1 is 0.947 bits per heavy atom. The molecule has 1 aromatic carbocycles. The zero-order chi connectivity index (χ0) is 29.1. The van der Waals surface area contributed by atoms with Crippen molar-refractivity contribution in [2.75, 3.05) is 12.3 Å². The molecular weight excluding hydrogens is 498 g/mol. The molecule has 0 aromatic heterocycles. The minimum atomic E-state index is -0.942. The summed E-state index contributed by atoms with van der Waals surface area (Å²) in [6.45, 7) is 17.6. The van der Waals surface area contributed by atoms with E-state index in [1.54, 1.807) is 25.7 Å². The van der Waals surface area contributed by atoms with Gasteiger partial charge in [0, 0.05) is 17.8 Å². The number of carbonyl (C=O) groups is 3. The third-order valence-electron chi connectivity index (χ3n) is 6.08. The summed E-state index contributed by atoms with van der Waals surface area (Å²) < 4.78 is 5.40. The molecular formula is C30H51N3O4S. The first-order chi connectivity index (χ1) is 17.6. The van der Waals surface area contributed by atoms with Gasteiger partial charge in [0.15, 0.2) is 0 Å². The Balaban J connectivity index is 3.47. The van der Waals surface area contributed by atoms with Crippen molar-refractivity contribution in [3.8, 4) is 0 Å². The normalized spacial score (nSPS) is 13.4. The molecule has 0 radical (unpaired) electrons. The molecule has 0 aliphatic carbocycles. The molecule has 2 atom stereocenters. The lowest BCUT2D eigenvalue weighted by molar-refractivity contribution is -0.142. The molecule has 3 amide bonds. The van der Waals surface area contributed by atoms with Crippen LogP contribution in [0.3, 0.4) is 0 Å². The molecule has 0 bridgehead atoms. The van der Waals surface area contributed by atoms with Crippen molar-refractivity contribution in [3.63, 3.8) is 0 Å². The van der Waals surface area contributed by atoms with Crippen molar-refractivity contribution >= 4 is 30.5 Å². The van der Waals surface area contributed by atoms with Crippen LogP contribution >= 0.6 is 12.6 Å². The number of carbonyl (C=O) groups excluding carboxylic acids is 3. The Bertz CT molecular complexity index is 901. The van der Waals surface area contributed by atoms with Crippen LogP contribution in [-0.2, 0) is 14.3 Å². The predicted octanol–water partition coefficient (Wildman–Crippen LogP) is 6.27. The molecule has 0 aliphatic heterocycles. The summed E-state index contributed by atoms with van der Waals surface area (Å²) in [5.74, 6) is -0.522. The monoisotopic (exact) mass is 549 g/mol. The third-order valence-corrected chi connectivity index (χ3v) is 6.45. The van der Waals surface area contributed by atoms with Crippen molar-refractivity contribution in [2.24, 2.45) is 0 Å².